The zero-order chi connectivity index (χ0) is 12.4. The van der Waals surface area contributed by atoms with Crippen LogP contribution in [0.4, 0.5) is 4.39 Å². The lowest BCUT2D eigenvalue weighted by Gasteiger charge is -2.07. The zero-order valence-corrected chi connectivity index (χ0v) is 9.66. The molecule has 1 aromatic carbocycles. The zero-order valence-electron chi connectivity index (χ0n) is 8.91. The molecule has 2 N–H and O–H groups in total. The van der Waals surface area contributed by atoms with E-state index in [4.69, 9.17) is 26.6 Å². The molecule has 0 spiro atoms. The minimum atomic E-state index is -0.509. The van der Waals surface area contributed by atoms with Gasteiger partial charge in [-0.2, -0.15) is 4.98 Å². The molecule has 7 heteroatoms. The number of methoxy groups -OCH3 is 1. The average molecular weight is 258 g/mol. The molecule has 90 valence electrons. The third-order valence-electron chi connectivity index (χ3n) is 2.10. The maximum atomic E-state index is 13.3. The molecular formula is C10H9ClFN3O2. The van der Waals surface area contributed by atoms with E-state index in [-0.39, 0.29) is 29.0 Å². The first kappa shape index (κ1) is 11.8. The van der Waals surface area contributed by atoms with Crippen LogP contribution in [0.15, 0.2) is 16.7 Å². The van der Waals surface area contributed by atoms with Crippen molar-refractivity contribution in [3.8, 4) is 17.1 Å². The van der Waals surface area contributed by atoms with Crippen LogP contribution < -0.4 is 10.5 Å². The van der Waals surface area contributed by atoms with Gasteiger partial charge in [-0.15, -0.1) is 0 Å². The molecule has 0 saturated heterocycles. The minimum absolute atomic E-state index is 0.109. The third-order valence-corrected chi connectivity index (χ3v) is 2.38. The SMILES string of the molecule is COc1c(Cl)cc(F)cc1-c1noc(CN)n1. The van der Waals surface area contributed by atoms with Crippen molar-refractivity contribution in [2.75, 3.05) is 7.11 Å². The lowest BCUT2D eigenvalue weighted by Crippen LogP contribution is -1.96. The number of ether oxygens (including phenoxy) is 1. The Bertz CT molecular complexity index is 544. The maximum Gasteiger partial charge on any atom is 0.240 e. The number of aromatic nitrogens is 2. The van der Waals surface area contributed by atoms with Gasteiger partial charge in [0.05, 0.1) is 24.2 Å². The van der Waals surface area contributed by atoms with Gasteiger partial charge in [-0.25, -0.2) is 4.39 Å². The predicted molar refractivity (Wildman–Crippen MR) is 59.1 cm³/mol. The number of rotatable bonds is 3. The van der Waals surface area contributed by atoms with Crippen LogP contribution in [-0.4, -0.2) is 17.3 Å². The lowest BCUT2D eigenvalue weighted by atomic mass is 10.2. The first-order chi connectivity index (χ1) is 8.15. The van der Waals surface area contributed by atoms with Gasteiger partial charge in [0.15, 0.2) is 0 Å². The molecule has 0 aliphatic rings. The van der Waals surface area contributed by atoms with E-state index in [9.17, 15) is 4.39 Å². The Balaban J connectivity index is 2.57. The Hall–Kier alpha value is -1.66. The standard InChI is InChI=1S/C10H9ClFN3O2/c1-16-9-6(2-5(12)3-7(9)11)10-14-8(4-13)17-15-10/h2-3H,4,13H2,1H3. The summed E-state index contributed by atoms with van der Waals surface area (Å²) in [6.45, 7) is 0.109. The quantitative estimate of drug-likeness (QED) is 0.910. The highest BCUT2D eigenvalue weighted by atomic mass is 35.5. The van der Waals surface area contributed by atoms with E-state index in [1.165, 1.54) is 13.2 Å². The summed E-state index contributed by atoms with van der Waals surface area (Å²) in [6, 6.07) is 2.36. The topological polar surface area (TPSA) is 74.2 Å². The largest absolute Gasteiger partial charge is 0.494 e. The van der Waals surface area contributed by atoms with Crippen molar-refractivity contribution in [1.29, 1.82) is 0 Å². The fraction of sp³-hybridized carbons (Fsp3) is 0.200. The summed E-state index contributed by atoms with van der Waals surface area (Å²) in [5.74, 6) is 0.216. The molecule has 17 heavy (non-hydrogen) atoms. The molecule has 0 bridgehead atoms. The molecule has 0 radical (unpaired) electrons. The molecule has 0 atom stereocenters. The summed E-state index contributed by atoms with van der Waals surface area (Å²) in [6.07, 6.45) is 0. The fourth-order valence-corrected chi connectivity index (χ4v) is 1.66. The van der Waals surface area contributed by atoms with E-state index >= 15 is 0 Å². The van der Waals surface area contributed by atoms with Crippen molar-refractivity contribution in [1.82, 2.24) is 10.1 Å². The molecule has 0 amide bonds. The van der Waals surface area contributed by atoms with Crippen LogP contribution in [0.1, 0.15) is 5.89 Å². The average Bonchev–Trinajstić information content (AvgIpc) is 2.76. The van der Waals surface area contributed by atoms with E-state index < -0.39 is 5.82 Å². The smallest absolute Gasteiger partial charge is 0.240 e. The number of hydrogen-bond acceptors (Lipinski definition) is 5. The third kappa shape index (κ3) is 2.22. The molecular weight excluding hydrogens is 249 g/mol. The summed E-state index contributed by atoms with van der Waals surface area (Å²) in [5.41, 5.74) is 5.66. The Kier molecular flexibility index (Phi) is 3.26. The monoisotopic (exact) mass is 257 g/mol. The van der Waals surface area contributed by atoms with Gasteiger partial charge in [0.1, 0.15) is 11.6 Å². The number of halogens is 2. The first-order valence-corrected chi connectivity index (χ1v) is 5.09. The number of hydrogen-bond donors (Lipinski definition) is 1. The van der Waals surface area contributed by atoms with Gasteiger partial charge in [0, 0.05) is 0 Å². The normalized spacial score (nSPS) is 10.6. The Labute approximate surface area is 101 Å². The van der Waals surface area contributed by atoms with Crippen LogP contribution in [0.5, 0.6) is 5.75 Å². The van der Waals surface area contributed by atoms with Crippen molar-refractivity contribution >= 4 is 11.6 Å². The number of benzene rings is 1. The van der Waals surface area contributed by atoms with Gasteiger partial charge in [0.2, 0.25) is 11.7 Å². The van der Waals surface area contributed by atoms with Crippen LogP contribution in [-0.2, 0) is 6.54 Å². The minimum Gasteiger partial charge on any atom is -0.494 e. The molecule has 1 heterocycles. The molecule has 0 aliphatic heterocycles. The van der Waals surface area contributed by atoms with Crippen LogP contribution in [0.25, 0.3) is 11.4 Å². The fourth-order valence-electron chi connectivity index (χ4n) is 1.38. The van der Waals surface area contributed by atoms with Crippen molar-refractivity contribution < 1.29 is 13.7 Å². The Morgan fingerprint density at radius 2 is 2.29 bits per heavy atom. The highest BCUT2D eigenvalue weighted by Crippen LogP contribution is 2.35. The van der Waals surface area contributed by atoms with Crippen LogP contribution in [0, 0.1) is 5.82 Å². The second-order valence-corrected chi connectivity index (χ2v) is 3.59. The predicted octanol–water partition coefficient (Wildman–Crippen LogP) is 2.00. The van der Waals surface area contributed by atoms with E-state index in [0.29, 0.717) is 5.56 Å². The van der Waals surface area contributed by atoms with Gasteiger partial charge in [0.25, 0.3) is 0 Å². The Morgan fingerprint density at radius 1 is 1.53 bits per heavy atom. The molecule has 2 rings (SSSR count). The van der Waals surface area contributed by atoms with E-state index in [2.05, 4.69) is 10.1 Å². The van der Waals surface area contributed by atoms with E-state index in [1.807, 2.05) is 0 Å². The first-order valence-electron chi connectivity index (χ1n) is 4.71. The van der Waals surface area contributed by atoms with Gasteiger partial charge in [-0.05, 0) is 12.1 Å². The second kappa shape index (κ2) is 4.68. The molecule has 5 nitrogen and oxygen atoms in total. The van der Waals surface area contributed by atoms with Crippen molar-refractivity contribution in [2.24, 2.45) is 5.73 Å². The molecule has 0 unspecified atom stereocenters. The highest BCUT2D eigenvalue weighted by molar-refractivity contribution is 6.32. The summed E-state index contributed by atoms with van der Waals surface area (Å²) >= 11 is 5.85. The molecule has 1 aromatic heterocycles. The van der Waals surface area contributed by atoms with E-state index in [0.717, 1.165) is 6.07 Å². The maximum absolute atomic E-state index is 13.3. The molecule has 0 saturated carbocycles. The summed E-state index contributed by atoms with van der Waals surface area (Å²) in [7, 11) is 1.42. The van der Waals surface area contributed by atoms with Crippen molar-refractivity contribution in [3.05, 3.63) is 28.9 Å². The molecule has 0 aliphatic carbocycles. The van der Waals surface area contributed by atoms with Crippen molar-refractivity contribution in [2.45, 2.75) is 6.54 Å². The van der Waals surface area contributed by atoms with Gasteiger partial charge in [-0.1, -0.05) is 16.8 Å². The van der Waals surface area contributed by atoms with Crippen LogP contribution in [0.3, 0.4) is 0 Å². The second-order valence-electron chi connectivity index (χ2n) is 3.18. The number of nitrogens with two attached hydrogens (primary N) is 1. The summed E-state index contributed by atoms with van der Waals surface area (Å²) in [5, 5.41) is 3.82. The summed E-state index contributed by atoms with van der Waals surface area (Å²) < 4.78 is 23.2. The van der Waals surface area contributed by atoms with E-state index in [1.54, 1.807) is 0 Å². The lowest BCUT2D eigenvalue weighted by molar-refractivity contribution is 0.379. The molecule has 2 aromatic rings. The van der Waals surface area contributed by atoms with Gasteiger partial charge < -0.3 is 15.0 Å². The van der Waals surface area contributed by atoms with Gasteiger partial charge >= 0.3 is 0 Å². The molecule has 0 fully saturated rings. The van der Waals surface area contributed by atoms with Crippen LogP contribution >= 0.6 is 11.6 Å². The number of nitrogens with zero attached hydrogens (tertiary/aromatic N) is 2. The summed E-state index contributed by atoms with van der Waals surface area (Å²) in [4.78, 5) is 3.98. The van der Waals surface area contributed by atoms with Crippen molar-refractivity contribution in [3.63, 3.8) is 0 Å². The Morgan fingerprint density at radius 3 is 2.88 bits per heavy atom. The highest BCUT2D eigenvalue weighted by Gasteiger charge is 2.17. The van der Waals surface area contributed by atoms with Crippen LogP contribution in [0.2, 0.25) is 5.02 Å². The van der Waals surface area contributed by atoms with Gasteiger partial charge in [-0.3, -0.25) is 0 Å².